The smallest absolute Gasteiger partial charge is 0.257 e. The number of benzene rings is 2. The van der Waals surface area contributed by atoms with Crippen molar-refractivity contribution in [2.24, 2.45) is 0 Å². The Hall–Kier alpha value is -3.47. The van der Waals surface area contributed by atoms with E-state index in [-0.39, 0.29) is 11.7 Å². The van der Waals surface area contributed by atoms with E-state index in [4.69, 9.17) is 0 Å². The predicted molar refractivity (Wildman–Crippen MR) is 103 cm³/mol. The van der Waals surface area contributed by atoms with Gasteiger partial charge in [0.2, 0.25) is 0 Å². The van der Waals surface area contributed by atoms with Crippen LogP contribution in [0.4, 0.5) is 17.1 Å². The first-order valence-electron chi connectivity index (χ1n) is 8.22. The van der Waals surface area contributed by atoms with Crippen LogP contribution in [0, 0.1) is 6.92 Å². The lowest BCUT2D eigenvalue weighted by Gasteiger charge is -2.09. The van der Waals surface area contributed by atoms with Crippen molar-refractivity contribution < 1.29 is 9.59 Å². The highest BCUT2D eigenvalue weighted by molar-refractivity contribution is 6.04. The number of nitrogens with zero attached hydrogens (tertiary/aromatic N) is 1. The van der Waals surface area contributed by atoms with E-state index in [1.54, 1.807) is 30.5 Å². The van der Waals surface area contributed by atoms with Gasteiger partial charge >= 0.3 is 0 Å². The summed E-state index contributed by atoms with van der Waals surface area (Å²) in [6.07, 6.45) is 3.14. The fourth-order valence-corrected chi connectivity index (χ4v) is 2.46. The number of hydrogen-bond donors (Lipinski definition) is 2. The highest BCUT2D eigenvalue weighted by Gasteiger charge is 2.08. The second kappa shape index (κ2) is 7.61. The molecule has 3 aromatic rings. The molecule has 0 atom stereocenters. The quantitative estimate of drug-likeness (QED) is 0.664. The average molecular weight is 345 g/mol. The number of amides is 1. The van der Waals surface area contributed by atoms with Crippen LogP contribution in [0.5, 0.6) is 0 Å². The van der Waals surface area contributed by atoms with Crippen molar-refractivity contribution in [1.29, 1.82) is 0 Å². The van der Waals surface area contributed by atoms with E-state index in [9.17, 15) is 9.59 Å². The first kappa shape index (κ1) is 17.4. The summed E-state index contributed by atoms with van der Waals surface area (Å²) in [4.78, 5) is 28.0. The van der Waals surface area contributed by atoms with Gasteiger partial charge in [-0.2, -0.15) is 0 Å². The van der Waals surface area contributed by atoms with Gasteiger partial charge in [0.15, 0.2) is 5.78 Å². The van der Waals surface area contributed by atoms with Crippen molar-refractivity contribution >= 4 is 28.8 Å². The molecule has 0 radical (unpaired) electrons. The molecule has 0 bridgehead atoms. The van der Waals surface area contributed by atoms with Gasteiger partial charge in [0, 0.05) is 23.1 Å². The SMILES string of the molecule is CC(=O)c1cccc(Nc2cncc(C(=O)Nc3ccc(C)cc3)c2)c1. The van der Waals surface area contributed by atoms with Gasteiger partial charge in [0.1, 0.15) is 0 Å². The number of ketones is 1. The van der Waals surface area contributed by atoms with Crippen molar-refractivity contribution in [2.45, 2.75) is 13.8 Å². The monoisotopic (exact) mass is 345 g/mol. The van der Waals surface area contributed by atoms with Crippen molar-refractivity contribution in [1.82, 2.24) is 4.98 Å². The summed E-state index contributed by atoms with van der Waals surface area (Å²) in [6, 6.07) is 16.5. The zero-order valence-electron chi connectivity index (χ0n) is 14.6. The standard InChI is InChI=1S/C21H19N3O2/c1-14-6-8-18(9-7-14)24-21(26)17-11-20(13-22-12-17)23-19-5-3-4-16(10-19)15(2)25/h3-13,23H,1-2H3,(H,24,26). The topological polar surface area (TPSA) is 71.1 Å². The Bertz CT molecular complexity index is 949. The highest BCUT2D eigenvalue weighted by atomic mass is 16.1. The third kappa shape index (κ3) is 4.33. The molecule has 0 saturated carbocycles. The van der Waals surface area contributed by atoms with Crippen LogP contribution >= 0.6 is 0 Å². The fourth-order valence-electron chi connectivity index (χ4n) is 2.46. The zero-order chi connectivity index (χ0) is 18.5. The number of rotatable bonds is 5. The maximum Gasteiger partial charge on any atom is 0.257 e. The largest absolute Gasteiger partial charge is 0.354 e. The van der Waals surface area contributed by atoms with E-state index in [0.29, 0.717) is 16.8 Å². The molecule has 0 fully saturated rings. The maximum absolute atomic E-state index is 12.4. The average Bonchev–Trinajstić information content (AvgIpc) is 2.64. The molecule has 2 aromatic carbocycles. The van der Waals surface area contributed by atoms with Gasteiger partial charge in [0.05, 0.1) is 17.4 Å². The third-order valence-electron chi connectivity index (χ3n) is 3.87. The number of pyridine rings is 1. The number of Topliss-reactive ketones (excluding diaryl/α,β-unsaturated/α-hetero) is 1. The first-order valence-corrected chi connectivity index (χ1v) is 8.22. The lowest BCUT2D eigenvalue weighted by molar-refractivity contribution is 0.101. The fraction of sp³-hybridized carbons (Fsp3) is 0.0952. The van der Waals surface area contributed by atoms with Crippen LogP contribution < -0.4 is 10.6 Å². The molecule has 130 valence electrons. The number of hydrogen-bond acceptors (Lipinski definition) is 4. The van der Waals surface area contributed by atoms with Gasteiger partial charge in [0.25, 0.3) is 5.91 Å². The molecule has 0 spiro atoms. The minimum atomic E-state index is -0.234. The van der Waals surface area contributed by atoms with Crippen LogP contribution in [0.1, 0.15) is 33.2 Å². The minimum absolute atomic E-state index is 0.00185. The van der Waals surface area contributed by atoms with Gasteiger partial charge < -0.3 is 10.6 Å². The summed E-state index contributed by atoms with van der Waals surface area (Å²) in [5.74, 6) is -0.236. The van der Waals surface area contributed by atoms with E-state index >= 15 is 0 Å². The lowest BCUT2D eigenvalue weighted by Crippen LogP contribution is -2.12. The molecule has 26 heavy (non-hydrogen) atoms. The molecule has 3 rings (SSSR count). The number of anilines is 3. The highest BCUT2D eigenvalue weighted by Crippen LogP contribution is 2.19. The lowest BCUT2D eigenvalue weighted by atomic mass is 10.1. The zero-order valence-corrected chi connectivity index (χ0v) is 14.6. The van der Waals surface area contributed by atoms with Crippen molar-refractivity contribution in [3.63, 3.8) is 0 Å². The second-order valence-electron chi connectivity index (χ2n) is 6.04. The summed E-state index contributed by atoms with van der Waals surface area (Å²) in [6.45, 7) is 3.52. The van der Waals surface area contributed by atoms with E-state index < -0.39 is 0 Å². The van der Waals surface area contributed by atoms with Gasteiger partial charge in [-0.15, -0.1) is 0 Å². The van der Waals surface area contributed by atoms with Gasteiger partial charge in [-0.1, -0.05) is 29.8 Å². The Morgan fingerprint density at radius 2 is 1.58 bits per heavy atom. The van der Waals surface area contributed by atoms with Crippen molar-refractivity contribution in [3.05, 3.63) is 83.7 Å². The first-order chi connectivity index (χ1) is 12.5. The molecule has 1 amide bonds. The van der Waals surface area contributed by atoms with Gasteiger partial charge in [-0.05, 0) is 44.2 Å². The molecule has 0 aliphatic heterocycles. The van der Waals surface area contributed by atoms with Crippen molar-refractivity contribution in [2.75, 3.05) is 10.6 Å². The molecule has 5 heteroatoms. The molecule has 0 aliphatic rings. The molecule has 0 unspecified atom stereocenters. The third-order valence-corrected chi connectivity index (χ3v) is 3.87. The Kier molecular flexibility index (Phi) is 5.08. The van der Waals surface area contributed by atoms with Gasteiger partial charge in [-0.25, -0.2) is 0 Å². The molecule has 1 heterocycles. The maximum atomic E-state index is 12.4. The van der Waals surface area contributed by atoms with E-state index in [2.05, 4.69) is 15.6 Å². The van der Waals surface area contributed by atoms with E-state index in [1.165, 1.54) is 13.1 Å². The van der Waals surface area contributed by atoms with Crippen LogP contribution in [-0.2, 0) is 0 Å². The van der Waals surface area contributed by atoms with Crippen molar-refractivity contribution in [3.8, 4) is 0 Å². The number of nitrogens with one attached hydrogen (secondary N) is 2. The minimum Gasteiger partial charge on any atom is -0.354 e. The Morgan fingerprint density at radius 3 is 2.31 bits per heavy atom. The van der Waals surface area contributed by atoms with Crippen LogP contribution in [0.25, 0.3) is 0 Å². The molecular formula is C21H19N3O2. The molecule has 0 aliphatic carbocycles. The van der Waals surface area contributed by atoms with Gasteiger partial charge in [-0.3, -0.25) is 14.6 Å². The molecule has 2 N–H and O–H groups in total. The van der Waals surface area contributed by atoms with Crippen LogP contribution in [0.3, 0.4) is 0 Å². The van der Waals surface area contributed by atoms with Crippen LogP contribution in [-0.4, -0.2) is 16.7 Å². The Labute approximate surface area is 152 Å². The number of carbonyl (C=O) groups is 2. The summed E-state index contributed by atoms with van der Waals surface area (Å²) in [7, 11) is 0. The summed E-state index contributed by atoms with van der Waals surface area (Å²) < 4.78 is 0. The van der Waals surface area contributed by atoms with Crippen LogP contribution in [0.15, 0.2) is 67.0 Å². The molecule has 0 saturated heterocycles. The second-order valence-corrected chi connectivity index (χ2v) is 6.04. The normalized spacial score (nSPS) is 10.2. The van der Waals surface area contributed by atoms with E-state index in [0.717, 1.165) is 16.9 Å². The molecule has 1 aromatic heterocycles. The number of aromatic nitrogens is 1. The summed E-state index contributed by atoms with van der Waals surface area (Å²) in [5, 5.41) is 6.02. The Morgan fingerprint density at radius 1 is 0.846 bits per heavy atom. The number of carbonyl (C=O) groups excluding carboxylic acids is 2. The predicted octanol–water partition coefficient (Wildman–Crippen LogP) is 4.59. The summed E-state index contributed by atoms with van der Waals surface area (Å²) >= 11 is 0. The molecule has 5 nitrogen and oxygen atoms in total. The number of aryl methyl sites for hydroxylation is 1. The summed E-state index contributed by atoms with van der Waals surface area (Å²) in [5.41, 5.74) is 4.35. The molecular weight excluding hydrogens is 326 g/mol. The Balaban J connectivity index is 1.75. The van der Waals surface area contributed by atoms with E-state index in [1.807, 2.05) is 37.3 Å². The van der Waals surface area contributed by atoms with Crippen LogP contribution in [0.2, 0.25) is 0 Å².